The standard InChI is InChI=1S/C27H32ClN7O5Si.C20H25Cl2N5O2Si.C7H8N2O2/c1-29-26(36)18-8-6-7-9-20(18)30-24-23-19(28)15-34(16-40-12-13-41(3,4)5)25(23)33-27(32-24)31-21-14-17(35(37)38)10-11-22(21)39-2;1-23-19(28)13-7-5-6-8-15(13)24-17-16-14(21)11-27(18(16)26-20(22)25-17)12-29-9-10-30(2,3)4;1-5-2-3-6(9(10)11)4-7(5)8/h6-11,14-15H,12-13,16H2,1-5H3,(H,29,36)(H2,30,31,32,33);5-8,11H,9-10,12H2,1-4H3,(H,23,28)(H,24,25,26);2-4H,8H2,1H3. The summed E-state index contributed by atoms with van der Waals surface area (Å²) in [4.78, 5) is 63.4. The zero-order valence-corrected chi connectivity index (χ0v) is 51.2. The predicted octanol–water partition coefficient (Wildman–Crippen LogP) is 12.8. The number of aromatic nitrogens is 6. The molecule has 82 heavy (non-hydrogen) atoms. The molecule has 28 heteroatoms. The van der Waals surface area contributed by atoms with Crippen LogP contribution < -0.4 is 37.1 Å². The maximum Gasteiger partial charge on any atom is 0.271 e. The third-order valence-corrected chi connectivity index (χ3v) is 16.3. The Morgan fingerprint density at radius 1 is 0.634 bits per heavy atom. The fourth-order valence-electron chi connectivity index (χ4n) is 7.64. The van der Waals surface area contributed by atoms with Gasteiger partial charge in [-0.25, -0.2) is 0 Å². The first-order chi connectivity index (χ1) is 38.8. The van der Waals surface area contributed by atoms with Gasteiger partial charge in [-0.05, 0) is 66.5 Å². The largest absolute Gasteiger partial charge is 0.495 e. The molecule has 0 aliphatic carbocycles. The zero-order valence-electron chi connectivity index (χ0n) is 46.9. The lowest BCUT2D eigenvalue weighted by Crippen LogP contribution is -2.22. The van der Waals surface area contributed by atoms with Crippen LogP contribution in [0.25, 0.3) is 22.1 Å². The number of nitro groups is 2. The fraction of sp³-hybridized carbons (Fsp3) is 0.296. The van der Waals surface area contributed by atoms with Crippen molar-refractivity contribution in [2.45, 2.75) is 71.8 Å². The third-order valence-electron chi connectivity index (χ3n) is 12.2. The van der Waals surface area contributed by atoms with Crippen molar-refractivity contribution in [2.24, 2.45) is 0 Å². The number of non-ortho nitro benzene ring substituents is 2. The minimum atomic E-state index is -1.29. The summed E-state index contributed by atoms with van der Waals surface area (Å²) in [6, 6.07) is 24.8. The highest BCUT2D eigenvalue weighted by molar-refractivity contribution is 6.76. The Bertz CT molecular complexity index is 3610. The van der Waals surface area contributed by atoms with Crippen molar-refractivity contribution in [1.29, 1.82) is 0 Å². The molecule has 0 saturated heterocycles. The number of nitrogens with one attached hydrogen (secondary N) is 5. The number of para-hydroxylation sites is 2. The first-order valence-corrected chi connectivity index (χ1v) is 34.1. The normalized spacial score (nSPS) is 11.2. The lowest BCUT2D eigenvalue weighted by Gasteiger charge is -2.16. The van der Waals surface area contributed by atoms with Crippen LogP contribution in [0.3, 0.4) is 0 Å². The molecule has 0 saturated carbocycles. The number of anilines is 7. The topological polar surface area (TPSA) is 296 Å². The number of hydrogen-bond acceptors (Lipinski definition) is 17. The number of aryl methyl sites for hydroxylation is 1. The van der Waals surface area contributed by atoms with Gasteiger partial charge in [0.05, 0.1) is 66.0 Å². The van der Waals surface area contributed by atoms with Crippen LogP contribution in [0.2, 0.25) is 66.7 Å². The van der Waals surface area contributed by atoms with Gasteiger partial charge in [-0.15, -0.1) is 0 Å². The molecule has 0 bridgehead atoms. The maximum atomic E-state index is 12.5. The number of hydrogen-bond donors (Lipinski definition) is 6. The molecule has 7 N–H and O–H groups in total. The summed E-state index contributed by atoms with van der Waals surface area (Å²) in [6.07, 6.45) is 3.46. The lowest BCUT2D eigenvalue weighted by atomic mass is 10.1. The predicted molar refractivity (Wildman–Crippen MR) is 330 cm³/mol. The van der Waals surface area contributed by atoms with Crippen LogP contribution in [-0.4, -0.2) is 101 Å². The first kappa shape index (κ1) is 63.3. The monoisotopic (exact) mass is 1210 g/mol. The number of carbonyl (C=O) groups is 2. The molecule has 4 aromatic heterocycles. The molecule has 0 radical (unpaired) electrons. The molecule has 4 heterocycles. The van der Waals surface area contributed by atoms with Crippen LogP contribution in [0.5, 0.6) is 5.75 Å². The Labute approximate surface area is 490 Å². The van der Waals surface area contributed by atoms with E-state index in [9.17, 15) is 29.8 Å². The third kappa shape index (κ3) is 17.1. The number of benzene rings is 4. The van der Waals surface area contributed by atoms with E-state index in [1.54, 1.807) is 86.5 Å². The summed E-state index contributed by atoms with van der Waals surface area (Å²) in [7, 11) is 2.13. The highest BCUT2D eigenvalue weighted by Gasteiger charge is 2.23. The van der Waals surface area contributed by atoms with Crippen molar-refractivity contribution in [3.05, 3.63) is 150 Å². The van der Waals surface area contributed by atoms with E-state index < -0.39 is 26.0 Å². The maximum absolute atomic E-state index is 12.5. The number of methoxy groups -OCH3 is 1. The van der Waals surface area contributed by atoms with Crippen LogP contribution in [0.15, 0.2) is 97.3 Å². The molecule has 0 spiro atoms. The van der Waals surface area contributed by atoms with Crippen LogP contribution in [0.1, 0.15) is 26.3 Å². The van der Waals surface area contributed by atoms with Gasteiger partial charge in [0.1, 0.15) is 30.8 Å². The smallest absolute Gasteiger partial charge is 0.271 e. The Morgan fingerprint density at radius 2 is 1.10 bits per heavy atom. The van der Waals surface area contributed by atoms with Crippen LogP contribution >= 0.6 is 34.8 Å². The number of amides is 2. The van der Waals surface area contributed by atoms with Crippen LogP contribution in [0.4, 0.5) is 51.7 Å². The summed E-state index contributed by atoms with van der Waals surface area (Å²) in [5.41, 5.74) is 9.97. The van der Waals surface area contributed by atoms with Gasteiger partial charge in [0, 0.05) is 85.8 Å². The molecule has 0 aliphatic rings. The molecule has 0 atom stereocenters. The van der Waals surface area contributed by atoms with Gasteiger partial charge in [0.15, 0.2) is 11.3 Å². The Morgan fingerprint density at radius 3 is 1.56 bits per heavy atom. The fourth-order valence-corrected chi connectivity index (χ4v) is 9.90. The average molecular weight is 1220 g/mol. The molecule has 0 unspecified atom stereocenters. The zero-order chi connectivity index (χ0) is 60.1. The molecular weight excluding hydrogens is 1150 g/mol. The van der Waals surface area contributed by atoms with Gasteiger partial charge in [-0.2, -0.15) is 19.9 Å². The van der Waals surface area contributed by atoms with E-state index in [-0.39, 0.29) is 41.2 Å². The van der Waals surface area contributed by atoms with Gasteiger partial charge in [0.2, 0.25) is 11.2 Å². The van der Waals surface area contributed by atoms with E-state index >= 15 is 0 Å². The van der Waals surface area contributed by atoms with Crippen molar-refractivity contribution in [3.63, 3.8) is 0 Å². The lowest BCUT2D eigenvalue weighted by molar-refractivity contribution is -0.385. The summed E-state index contributed by atoms with van der Waals surface area (Å²) in [5.74, 6) is 0.735. The van der Waals surface area contributed by atoms with Crippen LogP contribution in [-0.2, 0) is 22.9 Å². The molecule has 0 fully saturated rings. The van der Waals surface area contributed by atoms with E-state index in [1.807, 2.05) is 10.6 Å². The number of halogens is 3. The van der Waals surface area contributed by atoms with Crippen molar-refractivity contribution in [1.82, 2.24) is 39.7 Å². The van der Waals surface area contributed by atoms with Gasteiger partial charge in [0.25, 0.3) is 23.2 Å². The number of ether oxygens (including phenoxy) is 3. The second-order valence-electron chi connectivity index (χ2n) is 20.8. The van der Waals surface area contributed by atoms with E-state index in [1.165, 1.54) is 37.4 Å². The summed E-state index contributed by atoms with van der Waals surface area (Å²) in [5, 5.41) is 38.4. The second-order valence-corrected chi connectivity index (χ2v) is 33.2. The Hall–Kier alpha value is -7.92. The van der Waals surface area contributed by atoms with Crippen molar-refractivity contribution in [2.75, 3.05) is 56.1 Å². The van der Waals surface area contributed by atoms with E-state index in [4.69, 9.17) is 54.7 Å². The number of rotatable bonds is 21. The molecule has 8 rings (SSSR count). The quantitative estimate of drug-likeness (QED) is 0.00973. The highest BCUT2D eigenvalue weighted by Crippen LogP contribution is 2.37. The minimum absolute atomic E-state index is 0.0353. The summed E-state index contributed by atoms with van der Waals surface area (Å²) in [6.45, 7) is 17.3. The number of nitrogens with two attached hydrogens (primary N) is 1. The molecule has 0 aliphatic heterocycles. The van der Waals surface area contributed by atoms with Gasteiger partial charge >= 0.3 is 0 Å². The summed E-state index contributed by atoms with van der Waals surface area (Å²) >= 11 is 19.4. The number of carbonyl (C=O) groups excluding carboxylic acids is 2. The molecular formula is C54H65Cl3N14O9Si2. The number of nitrogens with zero attached hydrogens (tertiary/aromatic N) is 8. The number of fused-ring (bicyclic) bond motifs is 2. The van der Waals surface area contributed by atoms with Crippen molar-refractivity contribution >= 4 is 137 Å². The second kappa shape index (κ2) is 28.2. The number of nitrogen functional groups attached to an aromatic ring is 1. The molecule has 2 amide bonds. The Balaban J connectivity index is 0.000000229. The van der Waals surface area contributed by atoms with Crippen molar-refractivity contribution < 1.29 is 33.6 Å². The van der Waals surface area contributed by atoms with Gasteiger partial charge < -0.3 is 55.7 Å². The van der Waals surface area contributed by atoms with E-state index in [0.717, 1.165) is 17.7 Å². The molecule has 23 nitrogen and oxygen atoms in total. The molecule has 434 valence electrons. The average Bonchev–Trinajstić information content (AvgIpc) is 3.04. The van der Waals surface area contributed by atoms with E-state index in [0.29, 0.717) is 103 Å². The first-order valence-electron chi connectivity index (χ1n) is 25.5. The van der Waals surface area contributed by atoms with Gasteiger partial charge in [-0.1, -0.05) is 92.8 Å². The number of nitro benzene ring substituents is 2. The summed E-state index contributed by atoms with van der Waals surface area (Å²) < 4.78 is 20.8. The molecule has 8 aromatic rings. The minimum Gasteiger partial charge on any atom is -0.495 e. The SMILES string of the molecule is CNC(=O)c1ccccc1Nc1nc(Cl)nc2c1c(Cl)cn2COCC[Si](C)(C)C.CNC(=O)c1ccccc1Nc1nc(Nc2cc([N+](=O)[O-])ccc2OC)nc2c1c(Cl)cn2COCC[Si](C)(C)C.Cc1ccc([N+](=O)[O-])cc1N. The Kier molecular flexibility index (Phi) is 21.7. The van der Waals surface area contributed by atoms with Crippen LogP contribution in [0, 0.1) is 27.2 Å². The molecule has 4 aromatic carbocycles. The highest BCUT2D eigenvalue weighted by atomic mass is 35.5. The van der Waals surface area contributed by atoms with Crippen molar-refractivity contribution in [3.8, 4) is 5.75 Å². The van der Waals surface area contributed by atoms with E-state index in [2.05, 4.69) is 85.8 Å². The van der Waals surface area contributed by atoms with Gasteiger partial charge in [-0.3, -0.25) is 29.8 Å².